The topological polar surface area (TPSA) is 67.7 Å². The average Bonchev–Trinajstić information content (AvgIpc) is 2.90. The van der Waals surface area contributed by atoms with Crippen molar-refractivity contribution in [3.05, 3.63) is 46.7 Å². The molecule has 1 atom stereocenters. The molecule has 2 rings (SSSR count). The van der Waals surface area contributed by atoms with Crippen LogP contribution in [-0.2, 0) is 21.2 Å². The van der Waals surface area contributed by atoms with E-state index in [4.69, 9.17) is 0 Å². The summed E-state index contributed by atoms with van der Waals surface area (Å²) in [7, 11) is -1.44. The number of thiophene rings is 1. The highest BCUT2D eigenvalue weighted by molar-refractivity contribution is 7.90. The molecule has 7 heteroatoms. The number of benzene rings is 1. The maximum Gasteiger partial charge on any atom is 0.279 e. The van der Waals surface area contributed by atoms with Gasteiger partial charge in [-0.15, -0.1) is 0 Å². The molecule has 0 aliphatic heterocycles. The third kappa shape index (κ3) is 4.66. The molecule has 0 saturated carbocycles. The van der Waals surface area contributed by atoms with Gasteiger partial charge in [0.25, 0.3) is 5.91 Å². The van der Waals surface area contributed by atoms with E-state index in [0.717, 1.165) is 17.7 Å². The first-order chi connectivity index (χ1) is 10.4. The number of rotatable bonds is 6. The Bertz CT molecular complexity index is 740. The molecule has 0 bridgehead atoms. The zero-order valence-corrected chi connectivity index (χ0v) is 14.1. The fourth-order valence-electron chi connectivity index (χ4n) is 2.17. The van der Waals surface area contributed by atoms with Crippen LogP contribution in [0, 0.1) is 0 Å². The molecule has 1 amide bonds. The van der Waals surface area contributed by atoms with Crippen molar-refractivity contribution in [2.45, 2.75) is 11.4 Å². The summed E-state index contributed by atoms with van der Waals surface area (Å²) in [5.74, 6) is -0.205. The second-order valence-electron chi connectivity index (χ2n) is 5.26. The van der Waals surface area contributed by atoms with Gasteiger partial charge in [0.2, 0.25) is 0 Å². The molecule has 1 heterocycles. The number of likely N-dealkylation sites (N-methyl/N-ethyl adjacent to an activating group) is 1. The van der Waals surface area contributed by atoms with Crippen molar-refractivity contribution >= 4 is 32.8 Å². The molecular weight excluding hydrogens is 320 g/mol. The summed E-state index contributed by atoms with van der Waals surface area (Å²) in [4.78, 5) is 13.3. The third-order valence-corrected chi connectivity index (χ3v) is 5.00. The van der Waals surface area contributed by atoms with Gasteiger partial charge in [0, 0.05) is 11.8 Å². The lowest BCUT2D eigenvalue weighted by atomic mass is 10.3. The van der Waals surface area contributed by atoms with E-state index >= 15 is 0 Å². The monoisotopic (exact) mass is 339 g/mol. The number of hydrogen-bond donors (Lipinski definition) is 2. The first-order valence-electron chi connectivity index (χ1n) is 6.77. The van der Waals surface area contributed by atoms with Crippen molar-refractivity contribution in [3.63, 3.8) is 0 Å². The molecule has 2 N–H and O–H groups in total. The summed E-state index contributed by atoms with van der Waals surface area (Å²) in [5.41, 5.74) is 1.52. The minimum absolute atomic E-state index is 0.138. The van der Waals surface area contributed by atoms with Gasteiger partial charge < -0.3 is 10.2 Å². The first kappa shape index (κ1) is 16.7. The minimum atomic E-state index is -3.37. The van der Waals surface area contributed by atoms with Crippen molar-refractivity contribution in [3.8, 4) is 0 Å². The lowest BCUT2D eigenvalue weighted by Crippen LogP contribution is -3.08. The van der Waals surface area contributed by atoms with Crippen LogP contribution >= 0.6 is 11.3 Å². The molecule has 118 valence electrons. The lowest BCUT2D eigenvalue weighted by Gasteiger charge is -2.14. The molecule has 5 nitrogen and oxygen atoms in total. The summed E-state index contributed by atoms with van der Waals surface area (Å²) in [5, 5.41) is 6.75. The van der Waals surface area contributed by atoms with Gasteiger partial charge in [0.05, 0.1) is 17.6 Å². The summed E-state index contributed by atoms with van der Waals surface area (Å²) >= 11 is 1.63. The fourth-order valence-corrected chi connectivity index (χ4v) is 3.68. The van der Waals surface area contributed by atoms with Gasteiger partial charge in [-0.05, 0) is 29.0 Å². The van der Waals surface area contributed by atoms with E-state index in [9.17, 15) is 13.2 Å². The van der Waals surface area contributed by atoms with E-state index in [0.29, 0.717) is 5.69 Å². The van der Waals surface area contributed by atoms with Crippen LogP contribution in [0.2, 0.25) is 0 Å². The number of nitrogens with one attached hydrogen (secondary N) is 2. The maximum atomic E-state index is 12.1. The highest BCUT2D eigenvalue weighted by atomic mass is 32.2. The molecule has 0 aliphatic rings. The van der Waals surface area contributed by atoms with Crippen LogP contribution in [0.15, 0.2) is 46.0 Å². The molecule has 2 aromatic rings. The van der Waals surface area contributed by atoms with Gasteiger partial charge in [-0.2, -0.15) is 11.3 Å². The van der Waals surface area contributed by atoms with E-state index in [1.54, 1.807) is 29.5 Å². The van der Waals surface area contributed by atoms with Crippen molar-refractivity contribution in [1.29, 1.82) is 0 Å². The fraction of sp³-hybridized carbons (Fsp3) is 0.267. The molecule has 0 spiro atoms. The summed E-state index contributed by atoms with van der Waals surface area (Å²) < 4.78 is 23.4. The summed E-state index contributed by atoms with van der Waals surface area (Å²) in [6.07, 6.45) is 1.13. The Morgan fingerprint density at radius 2 is 2.00 bits per heavy atom. The second kappa shape index (κ2) is 7.04. The van der Waals surface area contributed by atoms with Crippen LogP contribution in [0.3, 0.4) is 0 Å². The minimum Gasteiger partial charge on any atom is -0.326 e. The number of quaternary nitrogens is 1. The van der Waals surface area contributed by atoms with E-state index < -0.39 is 9.84 Å². The highest BCUT2D eigenvalue weighted by Gasteiger charge is 2.16. The van der Waals surface area contributed by atoms with E-state index in [1.165, 1.54) is 11.6 Å². The van der Waals surface area contributed by atoms with E-state index in [1.807, 2.05) is 18.5 Å². The molecule has 1 unspecified atom stereocenters. The predicted molar refractivity (Wildman–Crippen MR) is 88.0 cm³/mol. The Morgan fingerprint density at radius 1 is 1.27 bits per heavy atom. The Labute approximate surface area is 134 Å². The number of hydrogen-bond acceptors (Lipinski definition) is 4. The number of carbonyl (C=O) groups is 1. The molecule has 0 radical (unpaired) electrons. The number of carbonyl (C=O) groups excluding carboxylic acids is 1. The van der Waals surface area contributed by atoms with Gasteiger partial charge in [-0.3, -0.25) is 4.79 Å². The van der Waals surface area contributed by atoms with Crippen LogP contribution < -0.4 is 10.2 Å². The van der Waals surface area contributed by atoms with E-state index in [-0.39, 0.29) is 17.3 Å². The molecule has 1 aromatic heterocycles. The zero-order chi connectivity index (χ0) is 16.2. The largest absolute Gasteiger partial charge is 0.326 e. The third-order valence-electron chi connectivity index (χ3n) is 3.11. The SMILES string of the molecule is C[NH+](CC(=O)Nc1ccccc1S(C)(=O)=O)Cc1ccsc1. The van der Waals surface area contributed by atoms with Gasteiger partial charge >= 0.3 is 0 Å². The predicted octanol–water partition coefficient (Wildman–Crippen LogP) is 0.805. The van der Waals surface area contributed by atoms with Crippen molar-refractivity contribution < 1.29 is 18.1 Å². The Balaban J connectivity index is 2.01. The van der Waals surface area contributed by atoms with Crippen LogP contribution in [0.1, 0.15) is 5.56 Å². The number of anilines is 1. The number of amides is 1. The average molecular weight is 339 g/mol. The first-order valence-corrected chi connectivity index (χ1v) is 9.61. The lowest BCUT2D eigenvalue weighted by molar-refractivity contribution is -0.885. The Morgan fingerprint density at radius 3 is 2.64 bits per heavy atom. The highest BCUT2D eigenvalue weighted by Crippen LogP contribution is 2.20. The van der Waals surface area contributed by atoms with Crippen molar-refractivity contribution in [2.24, 2.45) is 0 Å². The molecule has 0 fully saturated rings. The van der Waals surface area contributed by atoms with E-state index in [2.05, 4.69) is 10.7 Å². The summed E-state index contributed by atoms with van der Waals surface area (Å²) in [6.45, 7) is 1.03. The van der Waals surface area contributed by atoms with Crippen molar-refractivity contribution in [1.82, 2.24) is 0 Å². The second-order valence-corrected chi connectivity index (χ2v) is 8.02. The molecule has 1 aromatic carbocycles. The molecule has 22 heavy (non-hydrogen) atoms. The van der Waals surface area contributed by atoms with Crippen LogP contribution in [-0.4, -0.2) is 34.2 Å². The van der Waals surface area contributed by atoms with Crippen molar-refractivity contribution in [2.75, 3.05) is 25.2 Å². The Hall–Kier alpha value is -1.70. The van der Waals surface area contributed by atoms with Gasteiger partial charge in [0.1, 0.15) is 6.54 Å². The number of para-hydroxylation sites is 1. The number of sulfone groups is 1. The van der Waals surface area contributed by atoms with Crippen LogP contribution in [0.4, 0.5) is 5.69 Å². The zero-order valence-electron chi connectivity index (χ0n) is 12.5. The van der Waals surface area contributed by atoms with Crippen LogP contribution in [0.5, 0.6) is 0 Å². The quantitative estimate of drug-likeness (QED) is 0.818. The molecule has 0 saturated heterocycles. The van der Waals surface area contributed by atoms with Crippen LogP contribution in [0.25, 0.3) is 0 Å². The normalized spacial score (nSPS) is 12.8. The maximum absolute atomic E-state index is 12.1. The van der Waals surface area contributed by atoms with Gasteiger partial charge in [-0.1, -0.05) is 12.1 Å². The van der Waals surface area contributed by atoms with Gasteiger partial charge in [0.15, 0.2) is 16.4 Å². The summed E-state index contributed by atoms with van der Waals surface area (Å²) in [6, 6.07) is 8.46. The molecule has 0 aliphatic carbocycles. The molecular formula is C15H19N2O3S2+. The van der Waals surface area contributed by atoms with Gasteiger partial charge in [-0.25, -0.2) is 8.42 Å². The Kier molecular flexibility index (Phi) is 5.33. The smallest absolute Gasteiger partial charge is 0.279 e. The standard InChI is InChI=1S/C15H18N2O3S2/c1-17(9-12-7-8-21-11-12)10-15(18)16-13-5-3-4-6-14(13)22(2,19)20/h3-8,11H,9-10H2,1-2H3,(H,16,18)/p+1.